The van der Waals surface area contributed by atoms with Crippen molar-refractivity contribution < 1.29 is 26.1 Å². The monoisotopic (exact) mass is 439 g/mol. The third-order valence-corrected chi connectivity index (χ3v) is 5.90. The fraction of sp³-hybridized carbons (Fsp3) is 0.300. The van der Waals surface area contributed by atoms with Gasteiger partial charge >= 0.3 is 6.18 Å². The molecule has 0 saturated heterocycles. The molecule has 6 nitrogen and oxygen atoms in total. The Kier molecular flexibility index (Phi) is 6.00. The number of nitrogens with zero attached hydrogens (tertiary/aromatic N) is 3. The third-order valence-electron chi connectivity index (χ3n) is 4.77. The first-order valence-corrected chi connectivity index (χ1v) is 10.8. The molecule has 0 N–H and O–H groups in total. The summed E-state index contributed by atoms with van der Waals surface area (Å²) in [6, 6.07) is 11.1. The van der Waals surface area contributed by atoms with Crippen LogP contribution in [0.15, 0.2) is 57.9 Å². The fourth-order valence-corrected chi connectivity index (χ4v) is 3.47. The molecule has 160 valence electrons. The van der Waals surface area contributed by atoms with E-state index in [-0.39, 0.29) is 16.8 Å². The predicted molar refractivity (Wildman–Crippen MR) is 104 cm³/mol. The lowest BCUT2D eigenvalue weighted by atomic mass is 10.1. The zero-order chi connectivity index (χ0) is 22.1. The molecule has 30 heavy (non-hydrogen) atoms. The summed E-state index contributed by atoms with van der Waals surface area (Å²) < 4.78 is 66.4. The summed E-state index contributed by atoms with van der Waals surface area (Å²) >= 11 is 0. The van der Waals surface area contributed by atoms with Gasteiger partial charge in [0.1, 0.15) is 0 Å². The molecule has 3 aromatic rings. The van der Waals surface area contributed by atoms with Gasteiger partial charge in [-0.3, -0.25) is 4.90 Å². The molecule has 1 aromatic heterocycles. The minimum absolute atomic E-state index is 0.0694. The van der Waals surface area contributed by atoms with Gasteiger partial charge in [0.15, 0.2) is 9.84 Å². The summed E-state index contributed by atoms with van der Waals surface area (Å²) in [6.07, 6.45) is -3.25. The standard InChI is InChI=1S/C20H20F3N3O3S/c1-13(14-6-10-17(11-7-14)30(3,27)28)26(2)12-18-24-19(25-29-18)15-4-8-16(9-5-15)20(21,22)23/h4-11,13H,12H2,1-3H3. The second kappa shape index (κ2) is 8.19. The van der Waals surface area contributed by atoms with Crippen LogP contribution in [0.3, 0.4) is 0 Å². The lowest BCUT2D eigenvalue weighted by molar-refractivity contribution is -0.137. The largest absolute Gasteiger partial charge is 0.416 e. The van der Waals surface area contributed by atoms with Gasteiger partial charge in [0.2, 0.25) is 11.7 Å². The third kappa shape index (κ3) is 5.06. The van der Waals surface area contributed by atoms with Crippen molar-refractivity contribution in [2.75, 3.05) is 13.3 Å². The van der Waals surface area contributed by atoms with Crippen LogP contribution in [0.4, 0.5) is 13.2 Å². The van der Waals surface area contributed by atoms with Crippen LogP contribution in [0.5, 0.6) is 0 Å². The SMILES string of the molecule is CC(c1ccc(S(C)(=O)=O)cc1)N(C)Cc1nc(-c2ccc(C(F)(F)F)cc2)no1. The molecule has 0 aliphatic carbocycles. The summed E-state index contributed by atoms with van der Waals surface area (Å²) in [5.74, 6) is 0.518. The van der Waals surface area contributed by atoms with Crippen LogP contribution in [0.25, 0.3) is 11.4 Å². The van der Waals surface area contributed by atoms with E-state index in [4.69, 9.17) is 4.52 Å². The van der Waals surface area contributed by atoms with Crippen molar-refractivity contribution >= 4 is 9.84 Å². The van der Waals surface area contributed by atoms with Crippen LogP contribution in [-0.2, 0) is 22.6 Å². The number of aromatic nitrogens is 2. The van der Waals surface area contributed by atoms with Gasteiger partial charge in [-0.25, -0.2) is 8.42 Å². The average Bonchev–Trinajstić information content (AvgIpc) is 3.14. The first kappa shape index (κ1) is 22.0. The van der Waals surface area contributed by atoms with E-state index in [2.05, 4.69) is 10.1 Å². The Balaban J connectivity index is 1.69. The zero-order valence-corrected chi connectivity index (χ0v) is 17.3. The van der Waals surface area contributed by atoms with Crippen LogP contribution in [0, 0.1) is 0 Å². The predicted octanol–water partition coefficient (Wildman–Crippen LogP) is 4.35. The molecule has 1 heterocycles. The highest BCUT2D eigenvalue weighted by molar-refractivity contribution is 7.90. The summed E-state index contributed by atoms with van der Waals surface area (Å²) in [7, 11) is -1.41. The average molecular weight is 439 g/mol. The maximum Gasteiger partial charge on any atom is 0.416 e. The number of benzene rings is 2. The van der Waals surface area contributed by atoms with E-state index in [0.717, 1.165) is 24.0 Å². The van der Waals surface area contributed by atoms with Crippen molar-refractivity contribution in [3.63, 3.8) is 0 Å². The molecule has 0 radical (unpaired) electrons. The smallest absolute Gasteiger partial charge is 0.338 e. The Morgan fingerprint density at radius 1 is 1.07 bits per heavy atom. The molecular formula is C20H20F3N3O3S. The van der Waals surface area contributed by atoms with E-state index in [0.29, 0.717) is 18.0 Å². The lowest BCUT2D eigenvalue weighted by Crippen LogP contribution is -2.22. The van der Waals surface area contributed by atoms with Crippen molar-refractivity contribution in [2.45, 2.75) is 30.6 Å². The Morgan fingerprint density at radius 2 is 1.67 bits per heavy atom. The van der Waals surface area contributed by atoms with Gasteiger partial charge in [-0.05, 0) is 43.8 Å². The van der Waals surface area contributed by atoms with Crippen LogP contribution in [0.1, 0.15) is 30.0 Å². The van der Waals surface area contributed by atoms with Gasteiger partial charge in [0, 0.05) is 17.9 Å². The topological polar surface area (TPSA) is 76.3 Å². The number of alkyl halides is 3. The minimum Gasteiger partial charge on any atom is -0.338 e. The van der Waals surface area contributed by atoms with Gasteiger partial charge in [0.05, 0.1) is 17.0 Å². The van der Waals surface area contributed by atoms with Crippen molar-refractivity contribution in [1.82, 2.24) is 15.0 Å². The molecule has 0 fully saturated rings. The molecule has 2 aromatic carbocycles. The molecule has 0 amide bonds. The Labute approximate surface area is 172 Å². The van der Waals surface area contributed by atoms with E-state index in [1.807, 2.05) is 18.9 Å². The minimum atomic E-state index is -4.40. The summed E-state index contributed by atoms with van der Waals surface area (Å²) in [6.45, 7) is 2.26. The second-order valence-corrected chi connectivity index (χ2v) is 9.03. The summed E-state index contributed by atoms with van der Waals surface area (Å²) in [5, 5.41) is 3.84. The van der Waals surface area contributed by atoms with E-state index in [9.17, 15) is 21.6 Å². The number of sulfone groups is 1. The van der Waals surface area contributed by atoms with Crippen LogP contribution in [0.2, 0.25) is 0 Å². The number of halogens is 3. The first-order valence-electron chi connectivity index (χ1n) is 8.95. The second-order valence-electron chi connectivity index (χ2n) is 7.02. The van der Waals surface area contributed by atoms with E-state index in [1.54, 1.807) is 24.3 Å². The first-order chi connectivity index (χ1) is 13.9. The van der Waals surface area contributed by atoms with Gasteiger partial charge in [-0.2, -0.15) is 18.2 Å². The molecule has 0 saturated carbocycles. The van der Waals surface area contributed by atoms with Crippen molar-refractivity contribution in [1.29, 1.82) is 0 Å². The molecule has 0 bridgehead atoms. The lowest BCUT2D eigenvalue weighted by Gasteiger charge is -2.23. The highest BCUT2D eigenvalue weighted by atomic mass is 32.2. The van der Waals surface area contributed by atoms with Gasteiger partial charge in [-0.1, -0.05) is 29.4 Å². The highest BCUT2D eigenvalue weighted by Crippen LogP contribution is 2.30. The maximum absolute atomic E-state index is 12.7. The molecule has 0 aliphatic heterocycles. The van der Waals surface area contributed by atoms with E-state index >= 15 is 0 Å². The van der Waals surface area contributed by atoms with Crippen molar-refractivity contribution in [2.24, 2.45) is 0 Å². The summed E-state index contributed by atoms with van der Waals surface area (Å²) in [5.41, 5.74) is 0.586. The Hall–Kier alpha value is -2.72. The highest BCUT2D eigenvalue weighted by Gasteiger charge is 2.30. The quantitative estimate of drug-likeness (QED) is 0.568. The van der Waals surface area contributed by atoms with Crippen molar-refractivity contribution in [3.05, 3.63) is 65.5 Å². The van der Waals surface area contributed by atoms with Gasteiger partial charge in [0.25, 0.3) is 0 Å². The number of hydrogen-bond donors (Lipinski definition) is 0. The Morgan fingerprint density at radius 3 is 2.20 bits per heavy atom. The molecule has 10 heteroatoms. The normalized spacial score (nSPS) is 13.6. The zero-order valence-electron chi connectivity index (χ0n) is 16.5. The van der Waals surface area contributed by atoms with E-state index in [1.165, 1.54) is 12.1 Å². The number of hydrogen-bond acceptors (Lipinski definition) is 6. The van der Waals surface area contributed by atoms with Crippen LogP contribution in [-0.4, -0.2) is 36.8 Å². The molecular weight excluding hydrogens is 419 g/mol. The molecule has 3 rings (SSSR count). The molecule has 0 spiro atoms. The van der Waals surface area contributed by atoms with Crippen LogP contribution < -0.4 is 0 Å². The van der Waals surface area contributed by atoms with E-state index < -0.39 is 21.6 Å². The van der Waals surface area contributed by atoms with Gasteiger partial charge in [-0.15, -0.1) is 0 Å². The summed E-state index contributed by atoms with van der Waals surface area (Å²) in [4.78, 5) is 6.43. The van der Waals surface area contributed by atoms with Crippen LogP contribution >= 0.6 is 0 Å². The number of rotatable bonds is 6. The van der Waals surface area contributed by atoms with Gasteiger partial charge < -0.3 is 4.52 Å². The fourth-order valence-electron chi connectivity index (χ4n) is 2.84. The Bertz CT molecular complexity index is 1110. The molecule has 1 atom stereocenters. The van der Waals surface area contributed by atoms with Crippen molar-refractivity contribution in [3.8, 4) is 11.4 Å². The molecule has 1 unspecified atom stereocenters. The molecule has 0 aliphatic rings. The maximum atomic E-state index is 12.7.